The summed E-state index contributed by atoms with van der Waals surface area (Å²) in [5.74, 6) is 1.33. The highest BCUT2D eigenvalue weighted by Gasteiger charge is 2.35. The van der Waals surface area contributed by atoms with Crippen LogP contribution in [-0.4, -0.2) is 43.2 Å². The third kappa shape index (κ3) is 3.48. The molecule has 2 rings (SSSR count). The summed E-state index contributed by atoms with van der Waals surface area (Å²) in [6, 6.07) is 0.375. The van der Waals surface area contributed by atoms with E-state index >= 15 is 0 Å². The van der Waals surface area contributed by atoms with E-state index in [4.69, 9.17) is 10.5 Å². The maximum Gasteiger partial charge on any atom is 0.222 e. The molecule has 0 heterocycles. The highest BCUT2D eigenvalue weighted by Crippen LogP contribution is 2.34. The number of ether oxygens (including phenoxy) is 1. The maximum absolute atomic E-state index is 12.3. The van der Waals surface area contributed by atoms with Crippen LogP contribution in [0.1, 0.15) is 45.4 Å². The number of hydrogen-bond acceptors (Lipinski definition) is 3. The van der Waals surface area contributed by atoms with Crippen LogP contribution in [0.3, 0.4) is 0 Å². The van der Waals surface area contributed by atoms with E-state index in [1.54, 1.807) is 0 Å². The molecule has 0 spiro atoms. The summed E-state index contributed by atoms with van der Waals surface area (Å²) < 4.78 is 5.54. The Labute approximate surface area is 116 Å². The van der Waals surface area contributed by atoms with Gasteiger partial charge in [-0.2, -0.15) is 0 Å². The van der Waals surface area contributed by atoms with Crippen molar-refractivity contribution >= 4 is 5.91 Å². The van der Waals surface area contributed by atoms with Gasteiger partial charge in [0.05, 0.1) is 6.10 Å². The van der Waals surface area contributed by atoms with E-state index in [1.807, 2.05) is 18.9 Å². The van der Waals surface area contributed by atoms with Crippen molar-refractivity contribution in [2.45, 2.75) is 57.6 Å². The second-order valence-corrected chi connectivity index (χ2v) is 6.12. The lowest BCUT2D eigenvalue weighted by atomic mass is 9.79. The molecular formula is C15H28N2O2. The van der Waals surface area contributed by atoms with E-state index in [2.05, 4.69) is 0 Å². The zero-order valence-corrected chi connectivity index (χ0v) is 12.3. The van der Waals surface area contributed by atoms with Crippen LogP contribution in [0.2, 0.25) is 0 Å². The Kier molecular flexibility index (Phi) is 5.22. The van der Waals surface area contributed by atoms with Gasteiger partial charge in [0.15, 0.2) is 0 Å². The molecule has 2 aliphatic carbocycles. The minimum atomic E-state index is 0.297. The summed E-state index contributed by atoms with van der Waals surface area (Å²) in [6.45, 7) is 3.52. The zero-order chi connectivity index (χ0) is 13.8. The number of nitrogens with two attached hydrogens (primary N) is 1. The van der Waals surface area contributed by atoms with E-state index in [0.29, 0.717) is 42.9 Å². The predicted molar refractivity (Wildman–Crippen MR) is 75.7 cm³/mol. The average Bonchev–Trinajstić information content (AvgIpc) is 2.83. The van der Waals surface area contributed by atoms with Crippen molar-refractivity contribution in [3.63, 3.8) is 0 Å². The van der Waals surface area contributed by atoms with Crippen LogP contribution in [0.4, 0.5) is 0 Å². The molecular weight excluding hydrogens is 240 g/mol. The molecule has 4 nitrogen and oxygen atoms in total. The Hall–Kier alpha value is -0.610. The van der Waals surface area contributed by atoms with Crippen molar-refractivity contribution in [2.24, 2.45) is 17.6 Å². The van der Waals surface area contributed by atoms with E-state index in [-0.39, 0.29) is 0 Å². The van der Waals surface area contributed by atoms with Gasteiger partial charge in [0.2, 0.25) is 5.91 Å². The van der Waals surface area contributed by atoms with Crippen LogP contribution in [-0.2, 0) is 9.53 Å². The molecule has 0 saturated heterocycles. The molecule has 110 valence electrons. The van der Waals surface area contributed by atoms with E-state index < -0.39 is 0 Å². The van der Waals surface area contributed by atoms with Crippen molar-refractivity contribution in [3.8, 4) is 0 Å². The molecule has 2 fully saturated rings. The van der Waals surface area contributed by atoms with Gasteiger partial charge < -0.3 is 15.4 Å². The standard InChI is InChI=1S/C15H28N2O2/c1-3-19-13-7-11(8-13)9-15(18)17(2)14-6-4-5-12(14)10-16/h11-14H,3-10,16H2,1-2H3. The molecule has 2 saturated carbocycles. The van der Waals surface area contributed by atoms with Crippen LogP contribution < -0.4 is 5.73 Å². The lowest BCUT2D eigenvalue weighted by Gasteiger charge is -2.37. The van der Waals surface area contributed by atoms with Crippen LogP contribution in [0.5, 0.6) is 0 Å². The number of nitrogens with zero attached hydrogens (tertiary/aromatic N) is 1. The van der Waals surface area contributed by atoms with Gasteiger partial charge in [-0.25, -0.2) is 0 Å². The van der Waals surface area contributed by atoms with Crippen molar-refractivity contribution in [2.75, 3.05) is 20.2 Å². The summed E-state index contributed by atoms with van der Waals surface area (Å²) in [5.41, 5.74) is 5.80. The Morgan fingerprint density at radius 3 is 2.74 bits per heavy atom. The summed E-state index contributed by atoms with van der Waals surface area (Å²) in [7, 11) is 1.96. The summed E-state index contributed by atoms with van der Waals surface area (Å²) in [4.78, 5) is 14.3. The molecule has 0 radical (unpaired) electrons. The smallest absolute Gasteiger partial charge is 0.222 e. The Morgan fingerprint density at radius 1 is 1.37 bits per heavy atom. The summed E-state index contributed by atoms with van der Waals surface area (Å²) in [6.07, 6.45) is 6.70. The van der Waals surface area contributed by atoms with E-state index in [0.717, 1.165) is 25.9 Å². The molecule has 4 heteroatoms. The first-order valence-electron chi connectivity index (χ1n) is 7.73. The number of hydrogen-bond donors (Lipinski definition) is 1. The molecule has 19 heavy (non-hydrogen) atoms. The van der Waals surface area contributed by atoms with Gasteiger partial charge in [-0.1, -0.05) is 6.42 Å². The average molecular weight is 268 g/mol. The number of carbonyl (C=O) groups excluding carboxylic acids is 1. The van der Waals surface area contributed by atoms with Gasteiger partial charge in [0, 0.05) is 26.1 Å². The molecule has 0 aromatic carbocycles. The van der Waals surface area contributed by atoms with E-state index in [9.17, 15) is 4.79 Å². The monoisotopic (exact) mass is 268 g/mol. The Balaban J connectivity index is 1.74. The zero-order valence-electron chi connectivity index (χ0n) is 12.3. The van der Waals surface area contributed by atoms with Crippen molar-refractivity contribution < 1.29 is 9.53 Å². The van der Waals surface area contributed by atoms with Gasteiger partial charge in [-0.15, -0.1) is 0 Å². The van der Waals surface area contributed by atoms with Gasteiger partial charge in [-0.3, -0.25) is 4.79 Å². The predicted octanol–water partition coefficient (Wildman–Crippen LogP) is 1.78. The van der Waals surface area contributed by atoms with Crippen LogP contribution in [0.15, 0.2) is 0 Å². The third-order valence-corrected chi connectivity index (χ3v) is 4.87. The second kappa shape index (κ2) is 6.71. The van der Waals surface area contributed by atoms with Gasteiger partial charge in [-0.05, 0) is 51.0 Å². The fraction of sp³-hybridized carbons (Fsp3) is 0.933. The quantitative estimate of drug-likeness (QED) is 0.799. The van der Waals surface area contributed by atoms with Crippen molar-refractivity contribution in [1.82, 2.24) is 4.90 Å². The van der Waals surface area contributed by atoms with Crippen molar-refractivity contribution in [3.05, 3.63) is 0 Å². The fourth-order valence-corrected chi connectivity index (χ4v) is 3.59. The minimum Gasteiger partial charge on any atom is -0.378 e. The largest absolute Gasteiger partial charge is 0.378 e. The maximum atomic E-state index is 12.3. The fourth-order valence-electron chi connectivity index (χ4n) is 3.59. The molecule has 0 aromatic heterocycles. The summed E-state index contributed by atoms with van der Waals surface area (Å²) in [5, 5.41) is 0. The molecule has 2 N–H and O–H groups in total. The van der Waals surface area contributed by atoms with Crippen LogP contribution in [0.25, 0.3) is 0 Å². The lowest BCUT2D eigenvalue weighted by molar-refractivity contribution is -0.135. The number of amides is 1. The SMILES string of the molecule is CCOC1CC(CC(=O)N(C)C2CCCC2CN)C1. The van der Waals surface area contributed by atoms with Gasteiger partial charge >= 0.3 is 0 Å². The van der Waals surface area contributed by atoms with Crippen LogP contribution >= 0.6 is 0 Å². The Bertz CT molecular complexity index is 303. The minimum absolute atomic E-state index is 0.297. The number of carbonyl (C=O) groups is 1. The van der Waals surface area contributed by atoms with Crippen molar-refractivity contribution in [1.29, 1.82) is 0 Å². The highest BCUT2D eigenvalue weighted by molar-refractivity contribution is 5.76. The topological polar surface area (TPSA) is 55.6 Å². The number of rotatable bonds is 6. The first-order valence-corrected chi connectivity index (χ1v) is 7.73. The van der Waals surface area contributed by atoms with E-state index in [1.165, 1.54) is 12.8 Å². The molecule has 0 aliphatic heterocycles. The van der Waals surface area contributed by atoms with Gasteiger partial charge in [0.25, 0.3) is 0 Å². The molecule has 2 atom stereocenters. The van der Waals surface area contributed by atoms with Crippen LogP contribution in [0, 0.1) is 11.8 Å². The molecule has 0 aromatic rings. The normalized spacial score (nSPS) is 34.1. The molecule has 0 bridgehead atoms. The first-order chi connectivity index (χ1) is 9.15. The third-order valence-electron chi connectivity index (χ3n) is 4.87. The molecule has 2 aliphatic rings. The summed E-state index contributed by atoms with van der Waals surface area (Å²) >= 11 is 0. The first kappa shape index (κ1) is 14.8. The second-order valence-electron chi connectivity index (χ2n) is 6.12. The lowest BCUT2D eigenvalue weighted by Crippen LogP contribution is -2.43. The van der Waals surface area contributed by atoms with Gasteiger partial charge in [0.1, 0.15) is 0 Å². The Morgan fingerprint density at radius 2 is 2.11 bits per heavy atom. The molecule has 1 amide bonds. The highest BCUT2D eigenvalue weighted by atomic mass is 16.5. The molecule has 2 unspecified atom stereocenters.